The molecule has 0 spiro atoms. The van der Waals surface area contributed by atoms with Crippen molar-refractivity contribution in [1.29, 1.82) is 0 Å². The number of hydrogen-bond donors (Lipinski definition) is 1. The molecule has 0 saturated carbocycles. The van der Waals surface area contributed by atoms with Crippen LogP contribution in [-0.2, 0) is 24.8 Å². The van der Waals surface area contributed by atoms with Crippen LogP contribution in [0.15, 0.2) is 48.5 Å². The van der Waals surface area contributed by atoms with E-state index in [0.717, 1.165) is 67.3 Å². The molecule has 194 valence electrons. The number of carbonyl (C=O) groups is 1. The van der Waals surface area contributed by atoms with E-state index >= 15 is 0 Å². The second-order valence-electron chi connectivity index (χ2n) is 9.28. The van der Waals surface area contributed by atoms with Gasteiger partial charge in [0.1, 0.15) is 5.75 Å². The summed E-state index contributed by atoms with van der Waals surface area (Å²) in [5, 5.41) is 16.7. The van der Waals surface area contributed by atoms with Gasteiger partial charge in [-0.25, -0.2) is 0 Å². The lowest BCUT2D eigenvalue weighted by Gasteiger charge is -2.27. The van der Waals surface area contributed by atoms with Gasteiger partial charge in [0.25, 0.3) is 5.91 Å². The van der Waals surface area contributed by atoms with Gasteiger partial charge in [-0.15, -0.1) is 10.2 Å². The van der Waals surface area contributed by atoms with Gasteiger partial charge in [-0.2, -0.15) is 4.80 Å². The van der Waals surface area contributed by atoms with Crippen LogP contribution in [0.5, 0.6) is 5.75 Å². The van der Waals surface area contributed by atoms with Gasteiger partial charge in [0.05, 0.1) is 44.5 Å². The third-order valence-corrected chi connectivity index (χ3v) is 6.92. The van der Waals surface area contributed by atoms with Crippen molar-refractivity contribution in [2.75, 3.05) is 40.0 Å². The Morgan fingerprint density at radius 1 is 1.11 bits per heavy atom. The first kappa shape index (κ1) is 24.9. The topological polar surface area (TPSA) is 99.3 Å². The zero-order chi connectivity index (χ0) is 25.8. The molecule has 1 aliphatic rings. The van der Waals surface area contributed by atoms with Crippen LogP contribution in [0, 0.1) is 6.92 Å². The highest BCUT2D eigenvalue weighted by Crippen LogP contribution is 2.33. The van der Waals surface area contributed by atoms with Crippen molar-refractivity contribution in [3.63, 3.8) is 0 Å². The lowest BCUT2D eigenvalue weighted by Crippen LogP contribution is -2.38. The summed E-state index contributed by atoms with van der Waals surface area (Å²) in [5.74, 6) is 1.05. The molecule has 0 bridgehead atoms. The van der Waals surface area contributed by atoms with E-state index in [1.54, 1.807) is 14.2 Å². The van der Waals surface area contributed by atoms with E-state index in [9.17, 15) is 4.79 Å². The van der Waals surface area contributed by atoms with Crippen LogP contribution in [0.3, 0.4) is 0 Å². The van der Waals surface area contributed by atoms with Crippen molar-refractivity contribution in [3.8, 4) is 5.75 Å². The summed E-state index contributed by atoms with van der Waals surface area (Å²) in [5.41, 5.74) is 3.54. The molecule has 4 aromatic rings. The Bertz CT molecular complexity index is 1360. The monoisotopic (exact) mass is 503 g/mol. The minimum absolute atomic E-state index is 0.172. The number of hydrogen-bond acceptors (Lipinski definition) is 7. The number of nitrogens with zero attached hydrogens (tertiary/aromatic N) is 6. The highest BCUT2D eigenvalue weighted by Gasteiger charge is 2.27. The molecule has 37 heavy (non-hydrogen) atoms. The molecular weight excluding hydrogens is 470 g/mol. The number of aryl methyl sites for hydroxylation is 1. The van der Waals surface area contributed by atoms with Gasteiger partial charge in [0, 0.05) is 43.7 Å². The molecule has 1 fully saturated rings. The van der Waals surface area contributed by atoms with Crippen molar-refractivity contribution in [1.82, 2.24) is 35.0 Å². The van der Waals surface area contributed by atoms with Crippen LogP contribution < -0.4 is 10.1 Å². The van der Waals surface area contributed by atoms with Crippen molar-refractivity contribution >= 4 is 16.8 Å². The summed E-state index contributed by atoms with van der Waals surface area (Å²) in [4.78, 5) is 17.7. The van der Waals surface area contributed by atoms with Crippen molar-refractivity contribution in [2.24, 2.45) is 7.05 Å². The minimum atomic E-state index is -0.430. The van der Waals surface area contributed by atoms with Crippen LogP contribution in [0.1, 0.15) is 33.5 Å². The molecule has 0 unspecified atom stereocenters. The summed E-state index contributed by atoms with van der Waals surface area (Å²) in [6.07, 6.45) is 0.552. The summed E-state index contributed by atoms with van der Waals surface area (Å²) >= 11 is 0. The molecule has 2 aromatic carbocycles. The predicted molar refractivity (Wildman–Crippen MR) is 140 cm³/mol. The zero-order valence-electron chi connectivity index (χ0n) is 21.6. The predicted octanol–water partition coefficient (Wildman–Crippen LogP) is 2.53. The molecule has 1 saturated heterocycles. The van der Waals surface area contributed by atoms with Crippen molar-refractivity contribution < 1.29 is 14.3 Å². The van der Waals surface area contributed by atoms with Gasteiger partial charge < -0.3 is 19.4 Å². The van der Waals surface area contributed by atoms with Gasteiger partial charge >= 0.3 is 0 Å². The smallest absolute Gasteiger partial charge is 0.254 e. The molecule has 2 aromatic heterocycles. The summed E-state index contributed by atoms with van der Waals surface area (Å²) in [7, 11) is 3.38. The van der Waals surface area contributed by atoms with E-state index in [0.29, 0.717) is 17.8 Å². The Morgan fingerprint density at radius 2 is 1.89 bits per heavy atom. The molecule has 10 nitrogen and oxygen atoms in total. The van der Waals surface area contributed by atoms with E-state index < -0.39 is 6.04 Å². The average molecular weight is 504 g/mol. The van der Waals surface area contributed by atoms with E-state index in [1.165, 1.54) is 4.80 Å². The Morgan fingerprint density at radius 3 is 2.59 bits per heavy atom. The highest BCUT2D eigenvalue weighted by atomic mass is 16.5. The molecule has 1 amide bonds. The summed E-state index contributed by atoms with van der Waals surface area (Å²) in [6.45, 7) is 6.94. The number of ether oxygens (including phenoxy) is 2. The van der Waals surface area contributed by atoms with Crippen molar-refractivity contribution in [3.05, 3.63) is 71.2 Å². The first-order chi connectivity index (χ1) is 18.0. The van der Waals surface area contributed by atoms with Crippen LogP contribution >= 0.6 is 0 Å². The number of para-hydroxylation sites is 1. The number of morpholine rings is 1. The van der Waals surface area contributed by atoms with Gasteiger partial charge in [0.15, 0.2) is 5.82 Å². The zero-order valence-corrected chi connectivity index (χ0v) is 21.6. The standard InChI is InChI=1S/C27H33N7O3/c1-19-24(27(35)28-22(26-29-31-32(2)30-26)18-20-8-5-4-6-9-20)21-10-7-11-23(36-3)25(21)34(19)13-12-33-14-16-37-17-15-33/h4-11,22H,12-18H2,1-3H3,(H,28,35)/t22-/m0/s1. The van der Waals surface area contributed by atoms with Crippen LogP contribution in [0.2, 0.25) is 0 Å². The number of rotatable bonds is 9. The Kier molecular flexibility index (Phi) is 7.47. The normalized spacial score (nSPS) is 15.1. The highest BCUT2D eigenvalue weighted by molar-refractivity contribution is 6.09. The number of tetrazole rings is 1. The average Bonchev–Trinajstić information content (AvgIpc) is 3.48. The Hall–Kier alpha value is -3.76. The largest absolute Gasteiger partial charge is 0.495 e. The van der Waals surface area contributed by atoms with Gasteiger partial charge in [-0.1, -0.05) is 42.5 Å². The van der Waals surface area contributed by atoms with E-state index in [4.69, 9.17) is 9.47 Å². The number of aromatic nitrogens is 5. The molecule has 0 radical (unpaired) electrons. The van der Waals surface area contributed by atoms with E-state index in [2.05, 4.69) is 30.2 Å². The Balaban J connectivity index is 1.48. The number of fused-ring (bicyclic) bond motifs is 1. The fourth-order valence-corrected chi connectivity index (χ4v) is 5.02. The minimum Gasteiger partial charge on any atom is -0.495 e. The van der Waals surface area contributed by atoms with Crippen LogP contribution in [0.4, 0.5) is 0 Å². The Labute approximate surface area is 216 Å². The number of carbonyl (C=O) groups excluding carboxylic acids is 1. The SMILES string of the molecule is COc1cccc2c(C(=O)N[C@@H](Cc3ccccc3)c3nnn(C)n3)c(C)n(CCN3CCOCC3)c12. The molecule has 1 aliphatic heterocycles. The fraction of sp³-hybridized carbons (Fsp3) is 0.407. The van der Waals surface area contributed by atoms with Gasteiger partial charge in [-0.3, -0.25) is 9.69 Å². The molecule has 10 heteroatoms. The molecule has 1 N–H and O–H groups in total. The third-order valence-electron chi connectivity index (χ3n) is 6.92. The number of nitrogens with one attached hydrogen (secondary N) is 1. The van der Waals surface area contributed by atoms with E-state index in [-0.39, 0.29) is 5.91 Å². The number of benzene rings is 2. The maximum atomic E-state index is 13.9. The lowest BCUT2D eigenvalue weighted by molar-refractivity contribution is 0.0365. The maximum absolute atomic E-state index is 13.9. The molecule has 0 aliphatic carbocycles. The van der Waals surface area contributed by atoms with Gasteiger partial charge in [-0.05, 0) is 23.8 Å². The lowest BCUT2D eigenvalue weighted by atomic mass is 10.0. The number of methoxy groups -OCH3 is 1. The number of amides is 1. The van der Waals surface area contributed by atoms with Crippen molar-refractivity contribution in [2.45, 2.75) is 25.9 Å². The molecule has 5 rings (SSSR count). The van der Waals surface area contributed by atoms with Crippen LogP contribution in [-0.4, -0.2) is 75.5 Å². The third kappa shape index (κ3) is 5.35. The van der Waals surface area contributed by atoms with Crippen LogP contribution in [0.25, 0.3) is 10.9 Å². The molecule has 3 heterocycles. The fourth-order valence-electron chi connectivity index (χ4n) is 5.02. The first-order valence-corrected chi connectivity index (χ1v) is 12.6. The maximum Gasteiger partial charge on any atom is 0.254 e. The first-order valence-electron chi connectivity index (χ1n) is 12.6. The quantitative estimate of drug-likeness (QED) is 0.375. The second kappa shape index (κ2) is 11.1. The summed E-state index contributed by atoms with van der Waals surface area (Å²) < 4.78 is 13.4. The second-order valence-corrected chi connectivity index (χ2v) is 9.28. The van der Waals surface area contributed by atoms with E-state index in [1.807, 2.05) is 55.5 Å². The summed E-state index contributed by atoms with van der Waals surface area (Å²) in [6, 6.07) is 15.4. The molecular formula is C27H33N7O3. The molecule has 1 atom stereocenters. The van der Waals surface area contributed by atoms with Gasteiger partial charge in [0.2, 0.25) is 0 Å².